The maximum atomic E-state index is 12.7. The monoisotopic (exact) mass is 460 g/mol. The largest absolute Gasteiger partial charge is 0.497 e. The Kier molecular flexibility index (Phi) is 7.75. The van der Waals surface area contributed by atoms with Crippen molar-refractivity contribution < 1.29 is 23.7 Å². The zero-order valence-corrected chi connectivity index (χ0v) is 20.3. The smallest absolute Gasteiger partial charge is 0.416 e. The second-order valence-electron chi connectivity index (χ2n) is 8.82. The average Bonchev–Trinajstić information content (AvgIpc) is 3.15. The number of rotatable bonds is 5. The molecule has 1 amide bonds. The summed E-state index contributed by atoms with van der Waals surface area (Å²) in [7, 11) is 1.64. The molecule has 1 aromatic carbocycles. The lowest BCUT2D eigenvalue weighted by molar-refractivity contribution is -0.118. The van der Waals surface area contributed by atoms with Gasteiger partial charge in [-0.05, 0) is 45.4 Å². The first-order valence-corrected chi connectivity index (χ1v) is 11.7. The molecule has 5 atom stereocenters. The van der Waals surface area contributed by atoms with Crippen molar-refractivity contribution in [3.8, 4) is 18.1 Å². The third-order valence-electron chi connectivity index (χ3n) is 5.30. The van der Waals surface area contributed by atoms with E-state index in [1.54, 1.807) is 7.11 Å². The van der Waals surface area contributed by atoms with E-state index >= 15 is 0 Å². The molecule has 0 aromatic heterocycles. The Bertz CT molecular complexity index is 874. The van der Waals surface area contributed by atoms with Crippen LogP contribution >= 0.6 is 11.8 Å². The summed E-state index contributed by atoms with van der Waals surface area (Å²) < 4.78 is 23.2. The number of aliphatic imine (C=N–C) groups is 1. The number of terminal acetylenes is 1. The van der Waals surface area contributed by atoms with Crippen LogP contribution in [0.2, 0.25) is 0 Å². The number of amidine groups is 1. The third-order valence-corrected chi connectivity index (χ3v) is 6.46. The van der Waals surface area contributed by atoms with E-state index < -0.39 is 17.8 Å². The first-order chi connectivity index (χ1) is 15.2. The number of nitrogens with zero attached hydrogens (tertiary/aromatic N) is 2. The second-order valence-corrected chi connectivity index (χ2v) is 9.88. The minimum absolute atomic E-state index is 0.0557. The maximum absolute atomic E-state index is 12.7. The van der Waals surface area contributed by atoms with Gasteiger partial charge in [0.05, 0.1) is 19.8 Å². The number of hydrogen-bond acceptors (Lipinski definition) is 7. The van der Waals surface area contributed by atoms with E-state index in [1.807, 2.05) is 58.9 Å². The highest BCUT2D eigenvalue weighted by Gasteiger charge is 2.49. The van der Waals surface area contributed by atoms with E-state index in [4.69, 9.17) is 30.4 Å². The van der Waals surface area contributed by atoms with Crippen molar-refractivity contribution in [2.45, 2.75) is 70.5 Å². The summed E-state index contributed by atoms with van der Waals surface area (Å²) in [5, 5.41) is 0.569. The minimum atomic E-state index is -0.593. The Morgan fingerprint density at radius 3 is 2.56 bits per heavy atom. The maximum Gasteiger partial charge on any atom is 0.416 e. The minimum Gasteiger partial charge on any atom is -0.497 e. The fourth-order valence-corrected chi connectivity index (χ4v) is 4.88. The number of amides is 1. The molecule has 174 valence electrons. The van der Waals surface area contributed by atoms with Crippen LogP contribution in [0.1, 0.15) is 40.2 Å². The average molecular weight is 461 g/mol. The molecular weight excluding hydrogens is 428 g/mol. The van der Waals surface area contributed by atoms with Crippen molar-refractivity contribution in [1.29, 1.82) is 0 Å². The van der Waals surface area contributed by atoms with Crippen LogP contribution in [0.4, 0.5) is 4.79 Å². The SMILES string of the molecule is C#C[C@H]1O[C@@H]2SC(N(CC)C(=O)OC(C)(C)C)=N[C@@H]2[C@@H](OCc2ccc(OC)cc2)[C@@H]1C. The van der Waals surface area contributed by atoms with Crippen molar-refractivity contribution in [2.75, 3.05) is 13.7 Å². The standard InChI is InChI=1S/C24H32N2O5S/c1-8-18-15(3)20(29-14-16-10-12-17(28-7)13-11-16)19-21(30-18)32-22(25-19)26(9-2)23(27)31-24(4,5)6/h1,10-13,15,18-21H,9,14H2,2-7H3/t15-,18-,19-,20+,21-/m1/s1. The Labute approximate surface area is 194 Å². The zero-order chi connectivity index (χ0) is 23.5. The number of methoxy groups -OCH3 is 1. The fraction of sp³-hybridized carbons (Fsp3) is 0.583. The van der Waals surface area contributed by atoms with Gasteiger partial charge >= 0.3 is 6.09 Å². The summed E-state index contributed by atoms with van der Waals surface area (Å²) in [5.41, 5.74) is 0.113. The molecule has 0 unspecified atom stereocenters. The molecular formula is C24H32N2O5S. The van der Waals surface area contributed by atoms with Crippen LogP contribution in [0, 0.1) is 18.3 Å². The quantitative estimate of drug-likeness (QED) is 0.610. The Hall–Kier alpha value is -2.21. The first-order valence-electron chi connectivity index (χ1n) is 10.8. The molecule has 2 heterocycles. The van der Waals surface area contributed by atoms with Crippen LogP contribution in [0.5, 0.6) is 5.75 Å². The summed E-state index contributed by atoms with van der Waals surface area (Å²) in [4.78, 5) is 19.1. The summed E-state index contributed by atoms with van der Waals surface area (Å²) >= 11 is 1.39. The zero-order valence-electron chi connectivity index (χ0n) is 19.5. The van der Waals surface area contributed by atoms with Crippen molar-refractivity contribution in [3.05, 3.63) is 29.8 Å². The van der Waals surface area contributed by atoms with Gasteiger partial charge < -0.3 is 18.9 Å². The Morgan fingerprint density at radius 2 is 2.00 bits per heavy atom. The van der Waals surface area contributed by atoms with Gasteiger partial charge in [-0.15, -0.1) is 6.42 Å². The predicted octanol–water partition coefficient (Wildman–Crippen LogP) is 4.30. The van der Waals surface area contributed by atoms with Gasteiger partial charge in [0.25, 0.3) is 0 Å². The first kappa shape index (κ1) is 24.4. The normalized spacial score (nSPS) is 27.2. The number of benzene rings is 1. The van der Waals surface area contributed by atoms with Crippen molar-refractivity contribution in [1.82, 2.24) is 4.90 Å². The van der Waals surface area contributed by atoms with Gasteiger partial charge in [0.2, 0.25) is 0 Å². The number of hydrogen-bond donors (Lipinski definition) is 0. The molecule has 7 nitrogen and oxygen atoms in total. The molecule has 2 aliphatic heterocycles. The molecule has 8 heteroatoms. The molecule has 0 N–H and O–H groups in total. The van der Waals surface area contributed by atoms with Gasteiger partial charge in [0.15, 0.2) is 5.17 Å². The van der Waals surface area contributed by atoms with E-state index in [1.165, 1.54) is 16.7 Å². The summed E-state index contributed by atoms with van der Waals surface area (Å²) in [5.74, 6) is 3.47. The molecule has 2 aliphatic rings. The van der Waals surface area contributed by atoms with Gasteiger partial charge in [-0.3, -0.25) is 9.89 Å². The van der Waals surface area contributed by atoms with Crippen molar-refractivity contribution >= 4 is 23.0 Å². The van der Waals surface area contributed by atoms with E-state index in [2.05, 4.69) is 5.92 Å². The fourth-order valence-electron chi connectivity index (χ4n) is 3.63. The van der Waals surface area contributed by atoms with Gasteiger partial charge in [-0.2, -0.15) is 0 Å². The second kappa shape index (κ2) is 10.2. The van der Waals surface area contributed by atoms with Gasteiger partial charge in [0, 0.05) is 12.5 Å². The summed E-state index contributed by atoms with van der Waals surface area (Å²) in [6.45, 7) is 10.3. The molecule has 0 radical (unpaired) electrons. The highest BCUT2D eigenvalue weighted by molar-refractivity contribution is 8.14. The lowest BCUT2D eigenvalue weighted by Crippen LogP contribution is -2.50. The summed E-state index contributed by atoms with van der Waals surface area (Å²) in [6, 6.07) is 7.47. The number of thioether (sulfide) groups is 1. The molecule has 32 heavy (non-hydrogen) atoms. The molecule has 0 aliphatic carbocycles. The van der Waals surface area contributed by atoms with E-state index in [0.717, 1.165) is 11.3 Å². The number of ether oxygens (including phenoxy) is 4. The van der Waals surface area contributed by atoms with Gasteiger partial charge in [-0.1, -0.05) is 36.7 Å². The van der Waals surface area contributed by atoms with Gasteiger partial charge in [0.1, 0.15) is 28.9 Å². The van der Waals surface area contributed by atoms with E-state index in [0.29, 0.717) is 18.3 Å². The molecule has 1 aromatic rings. The van der Waals surface area contributed by atoms with Crippen LogP contribution < -0.4 is 4.74 Å². The summed E-state index contributed by atoms with van der Waals surface area (Å²) in [6.07, 6.45) is 4.67. The number of fused-ring (bicyclic) bond motifs is 1. The molecule has 1 fully saturated rings. The third kappa shape index (κ3) is 5.58. The molecule has 0 spiro atoms. The van der Waals surface area contributed by atoms with E-state index in [-0.39, 0.29) is 23.5 Å². The lowest BCUT2D eigenvalue weighted by atomic mass is 9.90. The van der Waals surface area contributed by atoms with Crippen molar-refractivity contribution in [2.24, 2.45) is 10.9 Å². The number of carbonyl (C=O) groups excluding carboxylic acids is 1. The van der Waals surface area contributed by atoms with Crippen LogP contribution in [-0.4, -0.2) is 59.1 Å². The highest BCUT2D eigenvalue weighted by Crippen LogP contribution is 2.41. The lowest BCUT2D eigenvalue weighted by Gasteiger charge is -2.39. The van der Waals surface area contributed by atoms with Gasteiger partial charge in [-0.25, -0.2) is 4.79 Å². The molecule has 1 saturated heterocycles. The topological polar surface area (TPSA) is 69.6 Å². The van der Waals surface area contributed by atoms with Crippen LogP contribution in [0.3, 0.4) is 0 Å². The molecule has 0 bridgehead atoms. The van der Waals surface area contributed by atoms with E-state index in [9.17, 15) is 4.79 Å². The van der Waals surface area contributed by atoms with Crippen molar-refractivity contribution in [3.63, 3.8) is 0 Å². The molecule has 3 rings (SSSR count). The Morgan fingerprint density at radius 1 is 1.31 bits per heavy atom. The van der Waals surface area contributed by atoms with Crippen LogP contribution in [0.25, 0.3) is 0 Å². The predicted molar refractivity (Wildman–Crippen MR) is 126 cm³/mol. The Balaban J connectivity index is 1.78. The number of carbonyl (C=O) groups is 1. The molecule has 0 saturated carbocycles. The van der Waals surface area contributed by atoms with Crippen LogP contribution in [0.15, 0.2) is 29.3 Å². The highest BCUT2D eigenvalue weighted by atomic mass is 32.2. The van der Waals surface area contributed by atoms with Crippen LogP contribution in [-0.2, 0) is 20.8 Å².